The first-order chi connectivity index (χ1) is 16.5. The summed E-state index contributed by atoms with van der Waals surface area (Å²) in [4.78, 5) is 17.8. The zero-order valence-corrected chi connectivity index (χ0v) is 19.0. The molecule has 0 aliphatic carbocycles. The summed E-state index contributed by atoms with van der Waals surface area (Å²) in [7, 11) is 0. The van der Waals surface area contributed by atoms with E-state index < -0.39 is 0 Å². The van der Waals surface area contributed by atoms with E-state index in [1.54, 1.807) is 18.2 Å². The van der Waals surface area contributed by atoms with Crippen LogP contribution in [0.3, 0.4) is 0 Å². The number of rotatable bonds is 5. The fraction of sp³-hybridized carbons (Fsp3) is 0.154. The van der Waals surface area contributed by atoms with Crippen LogP contribution in [-0.4, -0.2) is 28.2 Å². The van der Waals surface area contributed by atoms with Crippen LogP contribution in [0.15, 0.2) is 77.6 Å². The van der Waals surface area contributed by atoms with E-state index in [2.05, 4.69) is 10.3 Å². The number of nitrogens with one attached hydrogen (secondary N) is 2. The van der Waals surface area contributed by atoms with Gasteiger partial charge in [-0.1, -0.05) is 30.3 Å². The zero-order chi connectivity index (χ0) is 23.5. The lowest BCUT2D eigenvalue weighted by Gasteiger charge is -2.26. The first kappa shape index (κ1) is 21.9. The molecule has 0 unspecified atom stereocenters. The van der Waals surface area contributed by atoms with E-state index >= 15 is 0 Å². The molecule has 1 aliphatic rings. The van der Waals surface area contributed by atoms with Crippen molar-refractivity contribution in [2.24, 2.45) is 0 Å². The summed E-state index contributed by atoms with van der Waals surface area (Å²) in [5.74, 6) is 0.959. The van der Waals surface area contributed by atoms with Gasteiger partial charge in [0.15, 0.2) is 16.6 Å². The predicted octanol–water partition coefficient (Wildman–Crippen LogP) is 4.84. The molecular formula is C26H22FN3O3S. The zero-order valence-electron chi connectivity index (χ0n) is 18.2. The van der Waals surface area contributed by atoms with E-state index in [4.69, 9.17) is 21.7 Å². The summed E-state index contributed by atoms with van der Waals surface area (Å²) in [6, 6.07) is 21.4. The minimum atomic E-state index is -0.322. The van der Waals surface area contributed by atoms with Gasteiger partial charge >= 0.3 is 0 Å². The highest BCUT2D eigenvalue weighted by Crippen LogP contribution is 2.33. The minimum Gasteiger partial charge on any atom is -0.486 e. The highest BCUT2D eigenvalue weighted by molar-refractivity contribution is 7.80. The molecule has 6 nitrogen and oxygen atoms in total. The normalized spacial score (nSPS) is 12.4. The molecular weight excluding hydrogens is 453 g/mol. The van der Waals surface area contributed by atoms with Crippen molar-refractivity contribution in [1.29, 1.82) is 0 Å². The topological polar surface area (TPSA) is 66.6 Å². The number of fused-ring (bicyclic) bond motifs is 2. The first-order valence-electron chi connectivity index (χ1n) is 10.9. The molecule has 2 heterocycles. The van der Waals surface area contributed by atoms with Crippen molar-refractivity contribution in [1.82, 2.24) is 9.88 Å². The predicted molar refractivity (Wildman–Crippen MR) is 134 cm³/mol. The lowest BCUT2D eigenvalue weighted by Crippen LogP contribution is -2.35. The van der Waals surface area contributed by atoms with Crippen LogP contribution in [0.2, 0.25) is 0 Å². The van der Waals surface area contributed by atoms with Crippen LogP contribution in [0.1, 0.15) is 11.1 Å². The van der Waals surface area contributed by atoms with Crippen LogP contribution in [0.25, 0.3) is 10.9 Å². The highest BCUT2D eigenvalue weighted by atomic mass is 32.1. The van der Waals surface area contributed by atoms with Crippen molar-refractivity contribution < 1.29 is 13.9 Å². The van der Waals surface area contributed by atoms with E-state index in [0.717, 1.165) is 10.9 Å². The molecule has 0 spiro atoms. The van der Waals surface area contributed by atoms with E-state index in [9.17, 15) is 9.18 Å². The summed E-state index contributed by atoms with van der Waals surface area (Å²) >= 11 is 5.68. The molecule has 0 saturated carbocycles. The fourth-order valence-corrected chi connectivity index (χ4v) is 4.10. The monoisotopic (exact) mass is 475 g/mol. The Morgan fingerprint density at radius 1 is 0.971 bits per heavy atom. The number of hydrogen-bond acceptors (Lipinski definition) is 4. The molecule has 4 aromatic rings. The molecule has 172 valence electrons. The van der Waals surface area contributed by atoms with Gasteiger partial charge in [0.1, 0.15) is 19.0 Å². The van der Waals surface area contributed by atoms with Gasteiger partial charge in [-0.25, -0.2) is 4.39 Å². The van der Waals surface area contributed by atoms with Crippen LogP contribution < -0.4 is 20.3 Å². The average molecular weight is 476 g/mol. The Hall–Kier alpha value is -3.91. The number of anilines is 1. The number of H-pyrrole nitrogens is 1. The molecule has 3 aromatic carbocycles. The number of ether oxygens (including phenoxy) is 2. The largest absolute Gasteiger partial charge is 0.486 e. The van der Waals surface area contributed by atoms with Crippen LogP contribution >= 0.6 is 12.2 Å². The number of benzene rings is 3. The van der Waals surface area contributed by atoms with Gasteiger partial charge in [-0.05, 0) is 54.2 Å². The van der Waals surface area contributed by atoms with Gasteiger partial charge in [-0.3, -0.25) is 4.79 Å². The number of pyridine rings is 1. The summed E-state index contributed by atoms with van der Waals surface area (Å²) in [5, 5.41) is 4.42. The second-order valence-electron chi connectivity index (χ2n) is 7.99. The van der Waals surface area contributed by atoms with E-state index in [-0.39, 0.29) is 17.9 Å². The summed E-state index contributed by atoms with van der Waals surface area (Å²) in [6.07, 6.45) is 0. The Bertz CT molecular complexity index is 1390. The van der Waals surface area contributed by atoms with Crippen molar-refractivity contribution in [3.05, 3.63) is 100 Å². The molecule has 5 rings (SSSR count). The maximum Gasteiger partial charge on any atom is 0.253 e. The van der Waals surface area contributed by atoms with Crippen molar-refractivity contribution >= 4 is 33.9 Å². The molecule has 8 heteroatoms. The van der Waals surface area contributed by atoms with Crippen LogP contribution in [-0.2, 0) is 13.1 Å². The number of aromatic amines is 1. The Morgan fingerprint density at radius 2 is 1.68 bits per heavy atom. The molecule has 2 N–H and O–H groups in total. The molecule has 0 radical (unpaired) electrons. The van der Waals surface area contributed by atoms with Gasteiger partial charge in [0.2, 0.25) is 0 Å². The van der Waals surface area contributed by atoms with Gasteiger partial charge in [-0.15, -0.1) is 0 Å². The van der Waals surface area contributed by atoms with E-state index in [0.29, 0.717) is 53.1 Å². The number of thiocarbonyl (C=S) groups is 1. The van der Waals surface area contributed by atoms with Gasteiger partial charge in [0.25, 0.3) is 5.56 Å². The van der Waals surface area contributed by atoms with Gasteiger partial charge in [0.05, 0.1) is 12.1 Å². The molecule has 0 saturated heterocycles. The Balaban J connectivity index is 1.45. The van der Waals surface area contributed by atoms with Crippen molar-refractivity contribution in [2.45, 2.75) is 13.1 Å². The molecule has 0 fully saturated rings. The summed E-state index contributed by atoms with van der Waals surface area (Å²) < 4.78 is 24.6. The van der Waals surface area contributed by atoms with Crippen molar-refractivity contribution in [3.8, 4) is 11.5 Å². The third kappa shape index (κ3) is 4.87. The maximum absolute atomic E-state index is 13.3. The number of aromatic nitrogens is 1. The molecule has 34 heavy (non-hydrogen) atoms. The minimum absolute atomic E-state index is 0.202. The molecule has 1 aromatic heterocycles. The average Bonchev–Trinajstić information content (AvgIpc) is 2.85. The SMILES string of the molecule is O=c1[nH]c2cc3c(cc2cc1CN(Cc1ccccc1)C(=S)Nc1ccc(F)cc1)OCCO3. The molecule has 0 atom stereocenters. The van der Waals surface area contributed by atoms with Gasteiger partial charge < -0.3 is 24.7 Å². The third-order valence-corrected chi connectivity index (χ3v) is 5.90. The van der Waals surface area contributed by atoms with Crippen LogP contribution in [0, 0.1) is 5.82 Å². The lowest BCUT2D eigenvalue weighted by atomic mass is 10.1. The summed E-state index contributed by atoms with van der Waals surface area (Å²) in [6.45, 7) is 1.74. The number of halogens is 1. The fourth-order valence-electron chi connectivity index (χ4n) is 3.85. The third-order valence-electron chi connectivity index (χ3n) is 5.54. The van der Waals surface area contributed by atoms with Crippen molar-refractivity contribution in [3.63, 3.8) is 0 Å². The number of hydrogen-bond donors (Lipinski definition) is 2. The smallest absolute Gasteiger partial charge is 0.253 e. The van der Waals surface area contributed by atoms with Crippen LogP contribution in [0.5, 0.6) is 11.5 Å². The lowest BCUT2D eigenvalue weighted by molar-refractivity contribution is 0.172. The molecule has 1 aliphatic heterocycles. The highest BCUT2D eigenvalue weighted by Gasteiger charge is 2.17. The number of nitrogens with zero attached hydrogens (tertiary/aromatic N) is 1. The Labute approximate surface area is 200 Å². The Kier molecular flexibility index (Phi) is 6.14. The quantitative estimate of drug-likeness (QED) is 0.403. The second-order valence-corrected chi connectivity index (χ2v) is 8.37. The molecule has 0 bridgehead atoms. The van der Waals surface area contributed by atoms with E-state index in [1.807, 2.05) is 47.4 Å². The van der Waals surface area contributed by atoms with E-state index in [1.165, 1.54) is 12.1 Å². The van der Waals surface area contributed by atoms with Crippen molar-refractivity contribution in [2.75, 3.05) is 18.5 Å². The standard InChI is InChI=1S/C26H22FN3O3S/c27-20-6-8-21(9-7-20)28-26(34)30(15-17-4-2-1-3-5-17)16-19-12-18-13-23-24(33-11-10-32-23)14-22(18)29-25(19)31/h1-9,12-14H,10-11,15-16H2,(H,28,34)(H,29,31). The van der Waals surface area contributed by atoms with Crippen LogP contribution in [0.4, 0.5) is 10.1 Å². The first-order valence-corrected chi connectivity index (χ1v) is 11.3. The van der Waals surface area contributed by atoms with Gasteiger partial charge in [0, 0.05) is 29.2 Å². The Morgan fingerprint density at radius 3 is 2.41 bits per heavy atom. The van der Waals surface area contributed by atoms with Gasteiger partial charge in [-0.2, -0.15) is 0 Å². The maximum atomic E-state index is 13.3. The second kappa shape index (κ2) is 9.52. The summed E-state index contributed by atoms with van der Waals surface area (Å²) in [5.41, 5.74) is 2.75. The molecule has 0 amide bonds.